The molecule has 1 N–H and O–H groups in total. The number of hydrogen-bond acceptors (Lipinski definition) is 8. The Balaban J connectivity index is 1.77. The van der Waals surface area contributed by atoms with Crippen LogP contribution in [-0.2, 0) is 28.6 Å². The van der Waals surface area contributed by atoms with Gasteiger partial charge in [-0.15, -0.1) is 0 Å². The number of hydrogen-bond donors (Lipinski definition) is 1. The number of fused-ring (bicyclic) bond motifs is 5. The fraction of sp³-hybridized carbons (Fsp3) is 0.742. The molecule has 0 unspecified atom stereocenters. The molecule has 0 heterocycles. The van der Waals surface area contributed by atoms with E-state index in [1.165, 1.54) is 19.1 Å². The molecule has 41 heavy (non-hydrogen) atoms. The Labute approximate surface area is 239 Å². The maximum atomic E-state index is 17.5. The summed E-state index contributed by atoms with van der Waals surface area (Å²) >= 11 is 0. The number of alkyl halides is 2. The van der Waals surface area contributed by atoms with Gasteiger partial charge in [-0.2, -0.15) is 0 Å². The minimum Gasteiger partial charge on any atom is -0.457 e. The lowest BCUT2D eigenvalue weighted by Crippen LogP contribution is -2.71. The summed E-state index contributed by atoms with van der Waals surface area (Å²) in [6.07, 6.45) is 0.825. The van der Waals surface area contributed by atoms with E-state index in [9.17, 15) is 24.3 Å². The van der Waals surface area contributed by atoms with E-state index < -0.39 is 82.4 Å². The summed E-state index contributed by atoms with van der Waals surface area (Å²) < 4.78 is 49.6. The first-order valence-corrected chi connectivity index (χ1v) is 14.7. The highest BCUT2D eigenvalue weighted by Crippen LogP contribution is 2.71. The lowest BCUT2D eigenvalue weighted by atomic mass is 9.44. The van der Waals surface area contributed by atoms with Gasteiger partial charge in [-0.25, -0.2) is 13.6 Å². The van der Waals surface area contributed by atoms with Crippen molar-refractivity contribution in [3.63, 3.8) is 0 Å². The Hall–Kier alpha value is -2.62. The minimum absolute atomic E-state index is 0.00169. The Morgan fingerprint density at radius 3 is 2.46 bits per heavy atom. The second kappa shape index (κ2) is 11.2. The largest absolute Gasteiger partial charge is 0.509 e. The molecule has 0 radical (unpaired) electrons. The highest BCUT2D eigenvalue weighted by Gasteiger charge is 2.78. The first-order chi connectivity index (χ1) is 19.2. The molecule has 0 aromatic heterocycles. The van der Waals surface area contributed by atoms with Gasteiger partial charge in [-0.3, -0.25) is 14.4 Å². The van der Waals surface area contributed by atoms with Gasteiger partial charge >= 0.3 is 12.1 Å². The van der Waals surface area contributed by atoms with Crippen molar-refractivity contribution < 1.29 is 47.3 Å². The Morgan fingerprint density at radius 1 is 1.10 bits per heavy atom. The normalized spacial score (nSPS) is 41.0. The van der Waals surface area contributed by atoms with Gasteiger partial charge in [0, 0.05) is 29.1 Å². The molecule has 3 saturated carbocycles. The van der Waals surface area contributed by atoms with Gasteiger partial charge in [0.15, 0.2) is 23.7 Å². The average molecular weight is 581 g/mol. The van der Waals surface area contributed by atoms with Crippen LogP contribution in [0.15, 0.2) is 23.8 Å². The van der Waals surface area contributed by atoms with Gasteiger partial charge in [-0.05, 0) is 62.7 Å². The number of ether oxygens (including phenoxy) is 3. The van der Waals surface area contributed by atoms with E-state index in [1.807, 2.05) is 6.92 Å². The summed E-state index contributed by atoms with van der Waals surface area (Å²) in [7, 11) is 0. The van der Waals surface area contributed by atoms with Crippen LogP contribution in [0.4, 0.5) is 13.6 Å². The van der Waals surface area contributed by atoms with Crippen LogP contribution in [0.3, 0.4) is 0 Å². The molecular weight excluding hydrogens is 538 g/mol. The van der Waals surface area contributed by atoms with Crippen LogP contribution >= 0.6 is 0 Å². The van der Waals surface area contributed by atoms with Crippen LogP contribution in [0.5, 0.6) is 0 Å². The second-order valence-corrected chi connectivity index (χ2v) is 12.6. The van der Waals surface area contributed by atoms with Crippen molar-refractivity contribution in [2.45, 2.75) is 103 Å². The minimum atomic E-state index is -2.35. The zero-order valence-corrected chi connectivity index (χ0v) is 24.5. The maximum absolute atomic E-state index is 17.5. The molecule has 9 atom stereocenters. The highest BCUT2D eigenvalue weighted by atomic mass is 19.1. The van der Waals surface area contributed by atoms with Crippen LogP contribution in [0.1, 0.15) is 79.6 Å². The van der Waals surface area contributed by atoms with E-state index in [2.05, 4.69) is 0 Å². The lowest BCUT2D eigenvalue weighted by Gasteiger charge is -2.63. The van der Waals surface area contributed by atoms with Crippen molar-refractivity contribution >= 4 is 23.7 Å². The van der Waals surface area contributed by atoms with Crippen LogP contribution in [0, 0.1) is 28.6 Å². The third-order valence-corrected chi connectivity index (χ3v) is 10.3. The molecule has 0 bridgehead atoms. The van der Waals surface area contributed by atoms with E-state index in [0.717, 1.165) is 12.5 Å². The third-order valence-electron chi connectivity index (χ3n) is 10.3. The van der Waals surface area contributed by atoms with Crippen molar-refractivity contribution in [1.82, 2.24) is 0 Å². The molecule has 0 aliphatic heterocycles. The monoisotopic (exact) mass is 580 g/mol. The van der Waals surface area contributed by atoms with Gasteiger partial charge in [-0.1, -0.05) is 40.2 Å². The number of esters is 1. The van der Waals surface area contributed by atoms with Crippen molar-refractivity contribution in [1.29, 1.82) is 0 Å². The molecule has 0 aromatic carbocycles. The number of aliphatic hydroxyl groups excluding tert-OH is 1. The van der Waals surface area contributed by atoms with Crippen molar-refractivity contribution in [3.8, 4) is 0 Å². The van der Waals surface area contributed by atoms with Crippen LogP contribution < -0.4 is 0 Å². The molecule has 0 spiro atoms. The SMILES string of the molecule is CCCCC(=O)OCC(=O)[C@@]1(OC(=O)OCCC)[C@H](C)C[C@H]2[C@@H]3C[C@H](F)C4=CC(=O)C=C[C@]4(C)[C@@]3(F)[C@@H](O)C[C@@]21C. The Morgan fingerprint density at radius 2 is 1.80 bits per heavy atom. The van der Waals surface area contributed by atoms with E-state index in [1.54, 1.807) is 20.8 Å². The van der Waals surface area contributed by atoms with Crippen molar-refractivity contribution in [2.75, 3.05) is 13.2 Å². The topological polar surface area (TPSA) is 116 Å². The highest BCUT2D eigenvalue weighted by molar-refractivity contribution is 6.01. The summed E-state index contributed by atoms with van der Waals surface area (Å²) in [5.74, 6) is -4.13. The van der Waals surface area contributed by atoms with E-state index in [4.69, 9.17) is 14.2 Å². The predicted octanol–water partition coefficient (Wildman–Crippen LogP) is 5.16. The molecule has 4 aliphatic rings. The van der Waals surface area contributed by atoms with Gasteiger partial charge < -0.3 is 19.3 Å². The fourth-order valence-electron chi connectivity index (χ4n) is 8.38. The van der Waals surface area contributed by atoms with Crippen LogP contribution in [-0.4, -0.2) is 65.6 Å². The summed E-state index contributed by atoms with van der Waals surface area (Å²) in [5.41, 5.74) is -7.19. The number of allylic oxidation sites excluding steroid dienone is 4. The molecule has 0 aromatic rings. The molecule has 0 saturated heterocycles. The average Bonchev–Trinajstić information content (AvgIpc) is 3.14. The first-order valence-electron chi connectivity index (χ1n) is 14.7. The number of ketones is 2. The fourth-order valence-corrected chi connectivity index (χ4v) is 8.38. The van der Waals surface area contributed by atoms with Gasteiger partial charge in [0.25, 0.3) is 0 Å². The number of unbranched alkanes of at least 4 members (excludes halogenated alkanes) is 1. The summed E-state index contributed by atoms with van der Waals surface area (Å²) in [6.45, 7) is 7.94. The number of Topliss-reactive ketones (excluding diaryl/α,β-unsaturated/α-hetero) is 1. The lowest BCUT2D eigenvalue weighted by molar-refractivity contribution is -0.226. The number of carbonyl (C=O) groups is 4. The third kappa shape index (κ3) is 4.64. The van der Waals surface area contributed by atoms with E-state index >= 15 is 8.78 Å². The molecule has 3 fully saturated rings. The van der Waals surface area contributed by atoms with E-state index in [0.29, 0.717) is 12.8 Å². The molecule has 10 heteroatoms. The summed E-state index contributed by atoms with van der Waals surface area (Å²) in [5, 5.41) is 11.6. The zero-order chi connectivity index (χ0) is 30.4. The molecule has 8 nitrogen and oxygen atoms in total. The molecular formula is C31H42F2O8. The predicted molar refractivity (Wildman–Crippen MR) is 144 cm³/mol. The zero-order valence-electron chi connectivity index (χ0n) is 24.5. The van der Waals surface area contributed by atoms with Crippen LogP contribution in [0.2, 0.25) is 0 Å². The van der Waals surface area contributed by atoms with Crippen molar-refractivity contribution in [3.05, 3.63) is 23.8 Å². The molecule has 4 rings (SSSR count). The quantitative estimate of drug-likeness (QED) is 0.372. The Kier molecular flexibility index (Phi) is 8.58. The smallest absolute Gasteiger partial charge is 0.457 e. The van der Waals surface area contributed by atoms with Crippen molar-refractivity contribution in [2.24, 2.45) is 28.6 Å². The molecule has 228 valence electrons. The maximum Gasteiger partial charge on any atom is 0.509 e. The molecule has 0 amide bonds. The first kappa shape index (κ1) is 31.3. The standard InChI is InChI=1S/C31H42F2O8/c1-6-8-9-26(37)40-17-25(36)31(41-27(38)39-12-7-2)18(3)13-20-21-15-23(32)22-14-19(34)10-11-28(22,4)30(21,33)24(35)16-29(20,31)5/h10-11,14,18,20-21,23-24,35H,6-9,12-13,15-17H2,1-5H3/t18-,20+,21+,23+,24+,28+,29+,30+,31+/m1/s1. The summed E-state index contributed by atoms with van der Waals surface area (Å²) in [6, 6.07) is 0. The number of carbonyl (C=O) groups excluding carboxylic acids is 4. The van der Waals surface area contributed by atoms with Gasteiger partial charge in [0.1, 0.15) is 6.17 Å². The van der Waals surface area contributed by atoms with E-state index in [-0.39, 0.29) is 37.9 Å². The molecule has 4 aliphatic carbocycles. The van der Waals surface area contributed by atoms with Gasteiger partial charge in [0.05, 0.1) is 12.7 Å². The number of aliphatic hydroxyl groups is 1. The number of rotatable bonds is 9. The second-order valence-electron chi connectivity index (χ2n) is 12.6. The Bertz CT molecular complexity index is 1150. The summed E-state index contributed by atoms with van der Waals surface area (Å²) in [4.78, 5) is 51.3. The van der Waals surface area contributed by atoms with Crippen LogP contribution in [0.25, 0.3) is 0 Å². The van der Waals surface area contributed by atoms with Gasteiger partial charge in [0.2, 0.25) is 5.78 Å². The number of halogens is 2.